The van der Waals surface area contributed by atoms with Gasteiger partial charge in [0.1, 0.15) is 0 Å². The molecule has 0 atom stereocenters. The van der Waals surface area contributed by atoms with Gasteiger partial charge in [0, 0.05) is 11.8 Å². The van der Waals surface area contributed by atoms with Crippen LogP contribution in [0.3, 0.4) is 0 Å². The smallest absolute Gasteiger partial charge is 0.0859 e. The molecule has 0 spiro atoms. The van der Waals surface area contributed by atoms with Crippen LogP contribution >= 0.6 is 59.1 Å². The van der Waals surface area contributed by atoms with Gasteiger partial charge >= 0.3 is 0 Å². The van der Waals surface area contributed by atoms with Crippen molar-refractivity contribution in [3.8, 4) is 11.3 Å². The second-order valence-electron chi connectivity index (χ2n) is 2.55. The van der Waals surface area contributed by atoms with E-state index in [1.54, 1.807) is 17.5 Å². The Labute approximate surface area is 111 Å². The molecule has 2 rings (SSSR count). The molecule has 0 aliphatic carbocycles. The third kappa shape index (κ3) is 1.96. The topological polar surface area (TPSA) is 12.9 Å². The Morgan fingerprint density at radius 1 is 1.07 bits per heavy atom. The highest BCUT2D eigenvalue weighted by Gasteiger charge is 2.15. The Balaban J connectivity index is 2.62. The van der Waals surface area contributed by atoms with Crippen molar-refractivity contribution in [1.82, 2.24) is 4.98 Å². The summed E-state index contributed by atoms with van der Waals surface area (Å²) in [6, 6.07) is 5.88. The van der Waals surface area contributed by atoms with E-state index in [0.717, 1.165) is 23.3 Å². The number of nitrogens with zero attached hydrogens (tertiary/aromatic N) is 1. The normalized spacial score (nSPS) is 10.5. The lowest BCUT2D eigenvalue weighted by Crippen LogP contribution is -1.80. The molecule has 0 aromatic carbocycles. The van der Waals surface area contributed by atoms with E-state index < -0.39 is 0 Å². The zero-order valence-corrected chi connectivity index (χ0v) is 12.4. The van der Waals surface area contributed by atoms with Crippen molar-refractivity contribution < 1.29 is 0 Å². The average Bonchev–Trinajstić information content (AvgIpc) is 2.43. The lowest BCUT2D eigenvalue weighted by atomic mass is 10.2. The van der Waals surface area contributed by atoms with Crippen molar-refractivity contribution in [3.63, 3.8) is 0 Å². The van der Waals surface area contributed by atoms with Crippen molar-refractivity contribution in [1.29, 1.82) is 0 Å². The Kier molecular flexibility index (Phi) is 3.42. The van der Waals surface area contributed by atoms with Gasteiger partial charge in [0.05, 0.1) is 17.7 Å². The number of aromatic nitrogens is 1. The number of rotatable bonds is 1. The Morgan fingerprint density at radius 2 is 1.86 bits per heavy atom. The predicted molar refractivity (Wildman–Crippen MR) is 70.7 cm³/mol. The van der Waals surface area contributed by atoms with E-state index in [4.69, 9.17) is 0 Å². The molecule has 2 heterocycles. The Bertz CT molecular complexity index is 453. The minimum atomic E-state index is 0.966. The van der Waals surface area contributed by atoms with E-state index in [0.29, 0.717) is 0 Å². The third-order valence-electron chi connectivity index (χ3n) is 1.69. The maximum absolute atomic E-state index is 4.31. The molecule has 0 saturated carbocycles. The highest BCUT2D eigenvalue weighted by molar-refractivity contribution is 9.14. The number of thiophene rings is 1. The summed E-state index contributed by atoms with van der Waals surface area (Å²) in [5.74, 6) is 0. The van der Waals surface area contributed by atoms with Gasteiger partial charge in [0.2, 0.25) is 0 Å². The molecule has 0 radical (unpaired) electrons. The fourth-order valence-corrected chi connectivity index (χ4v) is 5.00. The first kappa shape index (κ1) is 10.8. The fraction of sp³-hybridized carbons (Fsp3) is 0. The van der Waals surface area contributed by atoms with Crippen LogP contribution in [0.5, 0.6) is 0 Å². The molecule has 5 heteroatoms. The zero-order chi connectivity index (χ0) is 10.1. The number of hydrogen-bond donors (Lipinski definition) is 0. The molecule has 72 valence electrons. The minimum Gasteiger partial charge on any atom is -0.256 e. The Hall–Kier alpha value is 0.290. The molecule has 0 saturated heterocycles. The van der Waals surface area contributed by atoms with Crippen LogP contribution in [-0.2, 0) is 0 Å². The van der Waals surface area contributed by atoms with Gasteiger partial charge in [-0.2, -0.15) is 0 Å². The van der Waals surface area contributed by atoms with Crippen LogP contribution in [0.1, 0.15) is 0 Å². The van der Waals surface area contributed by atoms with Gasteiger partial charge < -0.3 is 0 Å². The van der Waals surface area contributed by atoms with Crippen LogP contribution in [0.2, 0.25) is 0 Å². The van der Waals surface area contributed by atoms with E-state index in [1.165, 1.54) is 0 Å². The van der Waals surface area contributed by atoms with Crippen molar-refractivity contribution in [2.24, 2.45) is 0 Å². The molecular formula is C9H4Br3NS. The van der Waals surface area contributed by atoms with Gasteiger partial charge in [0.15, 0.2) is 0 Å². The van der Waals surface area contributed by atoms with Crippen LogP contribution < -0.4 is 0 Å². The van der Waals surface area contributed by atoms with Crippen LogP contribution in [0.4, 0.5) is 0 Å². The SMILES string of the molecule is Brc1sc(Br)c(-c2ccccn2)c1Br. The summed E-state index contributed by atoms with van der Waals surface area (Å²) in [6.45, 7) is 0. The van der Waals surface area contributed by atoms with Crippen molar-refractivity contribution in [2.45, 2.75) is 0 Å². The minimum absolute atomic E-state index is 0.966. The molecule has 0 aliphatic rings. The maximum Gasteiger partial charge on any atom is 0.0859 e. The van der Waals surface area contributed by atoms with E-state index in [9.17, 15) is 0 Å². The second-order valence-corrected chi connectivity index (χ2v) is 7.00. The summed E-state index contributed by atoms with van der Waals surface area (Å²) < 4.78 is 3.20. The number of pyridine rings is 1. The lowest BCUT2D eigenvalue weighted by molar-refractivity contribution is 1.33. The largest absolute Gasteiger partial charge is 0.256 e. The fourth-order valence-electron chi connectivity index (χ4n) is 1.08. The van der Waals surface area contributed by atoms with Crippen molar-refractivity contribution in [2.75, 3.05) is 0 Å². The maximum atomic E-state index is 4.31. The van der Waals surface area contributed by atoms with Crippen LogP contribution in [0.25, 0.3) is 11.3 Å². The van der Waals surface area contributed by atoms with Gasteiger partial charge in [-0.3, -0.25) is 4.98 Å². The molecule has 14 heavy (non-hydrogen) atoms. The molecule has 0 amide bonds. The quantitative estimate of drug-likeness (QED) is 0.652. The summed E-state index contributed by atoms with van der Waals surface area (Å²) >= 11 is 12.2. The average molecular weight is 398 g/mol. The molecule has 1 nitrogen and oxygen atoms in total. The standard InChI is InChI=1S/C9H4Br3NS/c10-7-6(8(11)14-9(7)12)5-3-1-2-4-13-5/h1-4H. The Morgan fingerprint density at radius 3 is 2.36 bits per heavy atom. The monoisotopic (exact) mass is 395 g/mol. The van der Waals surface area contributed by atoms with E-state index in [1.807, 2.05) is 18.2 Å². The van der Waals surface area contributed by atoms with E-state index >= 15 is 0 Å². The summed E-state index contributed by atoms with van der Waals surface area (Å²) in [6.07, 6.45) is 1.79. The summed E-state index contributed by atoms with van der Waals surface area (Å²) in [7, 11) is 0. The second kappa shape index (κ2) is 4.43. The summed E-state index contributed by atoms with van der Waals surface area (Å²) in [4.78, 5) is 4.31. The number of halogens is 3. The lowest BCUT2D eigenvalue weighted by Gasteiger charge is -1.98. The molecule has 0 unspecified atom stereocenters. The highest BCUT2D eigenvalue weighted by Crippen LogP contribution is 2.45. The molecule has 0 aliphatic heterocycles. The van der Waals surface area contributed by atoms with Crippen molar-refractivity contribution >= 4 is 59.1 Å². The van der Waals surface area contributed by atoms with Gasteiger partial charge in [-0.1, -0.05) is 6.07 Å². The highest BCUT2D eigenvalue weighted by atomic mass is 79.9. The number of hydrogen-bond acceptors (Lipinski definition) is 2. The summed E-state index contributed by atoms with van der Waals surface area (Å²) in [5, 5.41) is 0. The predicted octanol–water partition coefficient (Wildman–Crippen LogP) is 5.10. The molecule has 2 aromatic heterocycles. The summed E-state index contributed by atoms with van der Waals surface area (Å²) in [5.41, 5.74) is 2.07. The van der Waals surface area contributed by atoms with E-state index in [-0.39, 0.29) is 0 Å². The first-order valence-electron chi connectivity index (χ1n) is 3.75. The van der Waals surface area contributed by atoms with Gasteiger partial charge in [-0.15, -0.1) is 11.3 Å². The molecule has 2 aromatic rings. The molecule has 0 bridgehead atoms. The van der Waals surface area contributed by atoms with Crippen LogP contribution in [0.15, 0.2) is 36.4 Å². The first-order valence-corrected chi connectivity index (χ1v) is 6.94. The van der Waals surface area contributed by atoms with Crippen LogP contribution in [-0.4, -0.2) is 4.98 Å². The third-order valence-corrected chi connectivity index (χ3v) is 5.81. The van der Waals surface area contributed by atoms with Gasteiger partial charge in [0.25, 0.3) is 0 Å². The van der Waals surface area contributed by atoms with Crippen molar-refractivity contribution in [3.05, 3.63) is 36.4 Å². The first-order chi connectivity index (χ1) is 6.70. The molecule has 0 N–H and O–H groups in total. The van der Waals surface area contributed by atoms with Gasteiger partial charge in [-0.25, -0.2) is 0 Å². The molecule has 0 fully saturated rings. The molecular weight excluding hydrogens is 394 g/mol. The van der Waals surface area contributed by atoms with E-state index in [2.05, 4.69) is 52.8 Å². The zero-order valence-electron chi connectivity index (χ0n) is 6.80. The van der Waals surface area contributed by atoms with Gasteiger partial charge in [-0.05, 0) is 59.9 Å². The van der Waals surface area contributed by atoms with Crippen LogP contribution in [0, 0.1) is 0 Å².